The number of ether oxygens (including phenoxy) is 2. The quantitative estimate of drug-likeness (QED) is 0.288. The van der Waals surface area contributed by atoms with Crippen molar-refractivity contribution in [2.75, 3.05) is 12.3 Å². The summed E-state index contributed by atoms with van der Waals surface area (Å²) in [6.07, 6.45) is -3.51. The molecule has 0 saturated carbocycles. The molecule has 4 rings (SSSR count). The molecular formula is C20H25Cl2N5O6. The Morgan fingerprint density at radius 2 is 1.97 bits per heavy atom. The van der Waals surface area contributed by atoms with Gasteiger partial charge in [-0.05, 0) is 23.6 Å². The molecule has 2 aromatic heterocycles. The number of nitrogens with zero attached hydrogens (tertiary/aromatic N) is 2. The molecule has 5 atom stereocenters. The average Bonchev–Trinajstić information content (AvgIpc) is 3.27. The molecule has 1 aliphatic heterocycles. The van der Waals surface area contributed by atoms with Crippen LogP contribution in [0.5, 0.6) is 0 Å². The molecule has 0 radical (unpaired) electrons. The second-order valence-corrected chi connectivity index (χ2v) is 7.41. The van der Waals surface area contributed by atoms with Crippen molar-refractivity contribution < 1.29 is 24.5 Å². The van der Waals surface area contributed by atoms with E-state index in [9.17, 15) is 19.8 Å². The Labute approximate surface area is 200 Å². The molecule has 0 aliphatic carbocycles. The monoisotopic (exact) mass is 501 g/mol. The Bertz CT molecular complexity index is 1120. The number of carbonyl (C=O) groups is 1. The van der Waals surface area contributed by atoms with E-state index in [-0.39, 0.29) is 43.7 Å². The minimum absolute atomic E-state index is 0. The molecule has 0 unspecified atom stereocenters. The standard InChI is InChI=1S/C20H23N5O6.2ClH/c21-12(8-11-7-10-3-1-2-4-13(10)23-11)19(28)30-9-14-16(26)17(27)18(31-14)25-6-5-15(22)24-20(25)29;;/h1-7,12,14,16-18,23,26-27H,8-9,21H2,(H2,22,24,29);2*1H/t12-,14-,16-,17+,18-;;/m1../s1. The maximum Gasteiger partial charge on any atom is 0.351 e. The molecule has 0 bridgehead atoms. The van der Waals surface area contributed by atoms with Crippen LogP contribution in [0.1, 0.15) is 11.9 Å². The van der Waals surface area contributed by atoms with Gasteiger partial charge in [-0.25, -0.2) is 4.79 Å². The molecular weight excluding hydrogens is 477 g/mol. The fourth-order valence-corrected chi connectivity index (χ4v) is 3.55. The second kappa shape index (κ2) is 11.0. The van der Waals surface area contributed by atoms with E-state index in [2.05, 4.69) is 9.97 Å². The number of hydrogen-bond acceptors (Lipinski definition) is 9. The molecule has 1 fully saturated rings. The number of para-hydroxylation sites is 1. The SMILES string of the molecule is Cl.Cl.Nc1ccn([C@@H]2O[C@H](COC(=O)[C@H](N)Cc3cc4ccccc4[nH]3)[C@@H](O)[C@@H]2O)c(=O)n1. The van der Waals surface area contributed by atoms with Crippen molar-refractivity contribution >= 4 is 47.5 Å². The van der Waals surface area contributed by atoms with Crippen molar-refractivity contribution in [1.29, 1.82) is 0 Å². The van der Waals surface area contributed by atoms with Crippen LogP contribution >= 0.6 is 24.8 Å². The van der Waals surface area contributed by atoms with E-state index in [1.165, 1.54) is 12.3 Å². The first-order valence-electron chi connectivity index (χ1n) is 9.68. The lowest BCUT2D eigenvalue weighted by molar-refractivity contribution is -0.151. The van der Waals surface area contributed by atoms with E-state index >= 15 is 0 Å². The number of aromatic amines is 1. The number of nitrogen functional groups attached to an aromatic ring is 1. The summed E-state index contributed by atoms with van der Waals surface area (Å²) < 4.78 is 11.7. The molecule has 0 amide bonds. The second-order valence-electron chi connectivity index (χ2n) is 7.41. The molecule has 1 aliphatic rings. The van der Waals surface area contributed by atoms with Crippen LogP contribution in [0.25, 0.3) is 10.9 Å². The molecule has 1 aromatic carbocycles. The number of aliphatic hydroxyl groups is 2. The van der Waals surface area contributed by atoms with Gasteiger partial charge >= 0.3 is 11.7 Å². The molecule has 3 heterocycles. The number of benzene rings is 1. The summed E-state index contributed by atoms with van der Waals surface area (Å²) in [7, 11) is 0. The zero-order valence-electron chi connectivity index (χ0n) is 17.2. The van der Waals surface area contributed by atoms with Crippen LogP contribution in [-0.2, 0) is 20.7 Å². The predicted molar refractivity (Wildman–Crippen MR) is 124 cm³/mol. The summed E-state index contributed by atoms with van der Waals surface area (Å²) in [4.78, 5) is 31.0. The van der Waals surface area contributed by atoms with Crippen molar-refractivity contribution in [3.63, 3.8) is 0 Å². The van der Waals surface area contributed by atoms with Crippen LogP contribution in [-0.4, -0.2) is 61.7 Å². The minimum atomic E-state index is -1.42. The van der Waals surface area contributed by atoms with E-state index in [1.54, 1.807) is 0 Å². The zero-order valence-corrected chi connectivity index (χ0v) is 18.9. The molecule has 180 valence electrons. The van der Waals surface area contributed by atoms with Gasteiger partial charge in [0.05, 0.1) is 0 Å². The Kier molecular flexibility index (Phi) is 8.83. The van der Waals surface area contributed by atoms with Gasteiger partial charge in [-0.15, -0.1) is 24.8 Å². The molecule has 13 heteroatoms. The van der Waals surface area contributed by atoms with E-state index in [1.807, 2.05) is 30.3 Å². The average molecular weight is 502 g/mol. The molecule has 3 aromatic rings. The summed E-state index contributed by atoms with van der Waals surface area (Å²) in [5.74, 6) is -0.664. The minimum Gasteiger partial charge on any atom is -0.462 e. The van der Waals surface area contributed by atoms with Crippen LogP contribution < -0.4 is 17.2 Å². The number of aliphatic hydroxyl groups excluding tert-OH is 2. The molecule has 11 nitrogen and oxygen atoms in total. The Morgan fingerprint density at radius 1 is 1.24 bits per heavy atom. The first-order chi connectivity index (χ1) is 14.8. The lowest BCUT2D eigenvalue weighted by Gasteiger charge is -2.17. The van der Waals surface area contributed by atoms with Crippen LogP contribution in [0.4, 0.5) is 5.82 Å². The Morgan fingerprint density at radius 3 is 2.67 bits per heavy atom. The molecule has 1 saturated heterocycles. The smallest absolute Gasteiger partial charge is 0.351 e. The zero-order chi connectivity index (χ0) is 22.1. The number of hydrogen-bond donors (Lipinski definition) is 5. The first-order valence-corrected chi connectivity index (χ1v) is 9.68. The highest BCUT2D eigenvalue weighted by Gasteiger charge is 2.44. The number of esters is 1. The summed E-state index contributed by atoms with van der Waals surface area (Å²) in [6, 6.07) is 10.0. The van der Waals surface area contributed by atoms with Crippen LogP contribution in [0.15, 0.2) is 47.4 Å². The van der Waals surface area contributed by atoms with Crippen molar-refractivity contribution in [3.05, 3.63) is 58.8 Å². The Hall–Kier alpha value is -2.67. The number of fused-ring (bicyclic) bond motifs is 1. The number of nitrogens with one attached hydrogen (secondary N) is 1. The van der Waals surface area contributed by atoms with Gasteiger partial charge in [0.2, 0.25) is 0 Å². The largest absolute Gasteiger partial charge is 0.462 e. The van der Waals surface area contributed by atoms with Crippen LogP contribution in [0.3, 0.4) is 0 Å². The van der Waals surface area contributed by atoms with Gasteiger partial charge in [-0.2, -0.15) is 4.98 Å². The van der Waals surface area contributed by atoms with Gasteiger partial charge in [-0.1, -0.05) is 18.2 Å². The van der Waals surface area contributed by atoms with Gasteiger partial charge < -0.3 is 36.1 Å². The summed E-state index contributed by atoms with van der Waals surface area (Å²) >= 11 is 0. The normalized spacial score (nSPS) is 22.9. The van der Waals surface area contributed by atoms with E-state index in [4.69, 9.17) is 20.9 Å². The van der Waals surface area contributed by atoms with Gasteiger partial charge in [0.1, 0.15) is 36.8 Å². The van der Waals surface area contributed by atoms with Gasteiger partial charge in [0.15, 0.2) is 6.23 Å². The van der Waals surface area contributed by atoms with Crippen molar-refractivity contribution in [2.24, 2.45) is 5.73 Å². The maximum atomic E-state index is 12.3. The number of H-pyrrole nitrogens is 1. The third kappa shape index (κ3) is 5.64. The first kappa shape index (κ1) is 26.6. The molecule has 33 heavy (non-hydrogen) atoms. The number of aromatic nitrogens is 3. The third-order valence-electron chi connectivity index (χ3n) is 5.18. The number of anilines is 1. The van der Waals surface area contributed by atoms with E-state index in [0.29, 0.717) is 0 Å². The fourth-order valence-electron chi connectivity index (χ4n) is 3.55. The van der Waals surface area contributed by atoms with Gasteiger partial charge in [0, 0.05) is 23.8 Å². The highest BCUT2D eigenvalue weighted by Crippen LogP contribution is 2.28. The van der Waals surface area contributed by atoms with E-state index < -0.39 is 42.2 Å². The lowest BCUT2D eigenvalue weighted by Crippen LogP contribution is -2.39. The predicted octanol–water partition coefficient (Wildman–Crippen LogP) is -0.117. The Balaban J connectivity index is 0.00000193. The van der Waals surface area contributed by atoms with Crippen LogP contribution in [0.2, 0.25) is 0 Å². The highest BCUT2D eigenvalue weighted by atomic mass is 35.5. The summed E-state index contributed by atoms with van der Waals surface area (Å²) in [6.45, 7) is -0.342. The number of rotatable bonds is 6. The molecule has 0 spiro atoms. The fraction of sp³-hybridized carbons (Fsp3) is 0.350. The van der Waals surface area contributed by atoms with Crippen LogP contribution in [0, 0.1) is 0 Å². The number of carbonyl (C=O) groups excluding carboxylic acids is 1. The topological polar surface area (TPSA) is 179 Å². The van der Waals surface area contributed by atoms with E-state index in [0.717, 1.165) is 21.2 Å². The van der Waals surface area contributed by atoms with Gasteiger partial charge in [0.25, 0.3) is 0 Å². The maximum absolute atomic E-state index is 12.3. The van der Waals surface area contributed by atoms with Crippen molar-refractivity contribution in [2.45, 2.75) is 37.0 Å². The third-order valence-corrected chi connectivity index (χ3v) is 5.18. The lowest BCUT2D eigenvalue weighted by atomic mass is 10.1. The summed E-state index contributed by atoms with van der Waals surface area (Å²) in [5, 5.41) is 21.5. The van der Waals surface area contributed by atoms with Crippen molar-refractivity contribution in [3.8, 4) is 0 Å². The molecule has 7 N–H and O–H groups in total. The van der Waals surface area contributed by atoms with Gasteiger partial charge in [-0.3, -0.25) is 9.36 Å². The highest BCUT2D eigenvalue weighted by molar-refractivity contribution is 5.85. The number of nitrogens with two attached hydrogens (primary N) is 2. The van der Waals surface area contributed by atoms with Crippen molar-refractivity contribution in [1.82, 2.24) is 14.5 Å². The summed E-state index contributed by atoms with van der Waals surface area (Å²) in [5.41, 5.74) is 12.4. The number of halogens is 2.